The van der Waals surface area contributed by atoms with Gasteiger partial charge in [0.15, 0.2) is 0 Å². The Morgan fingerprint density at radius 2 is 1.95 bits per heavy atom. The second-order valence-corrected chi connectivity index (χ2v) is 7.05. The molecule has 1 aliphatic heterocycles. The van der Waals surface area contributed by atoms with Gasteiger partial charge in [-0.3, -0.25) is 0 Å². The largest absolute Gasteiger partial charge is 0.356 e. The molecule has 0 bridgehead atoms. The van der Waals surface area contributed by atoms with Gasteiger partial charge in [0, 0.05) is 25.3 Å². The molecule has 0 radical (unpaired) electrons. The first-order chi connectivity index (χ1) is 10.2. The van der Waals surface area contributed by atoms with Crippen molar-refractivity contribution in [2.24, 2.45) is 11.1 Å². The zero-order valence-electron chi connectivity index (χ0n) is 13.4. The van der Waals surface area contributed by atoms with E-state index in [0.717, 1.165) is 12.8 Å². The molecule has 2 fully saturated rings. The fraction of sp³-hybridized carbons (Fsp3) is 0.722. The summed E-state index contributed by atoms with van der Waals surface area (Å²) in [5, 5.41) is 0. The third-order valence-corrected chi connectivity index (χ3v) is 5.66. The first-order valence-corrected chi connectivity index (χ1v) is 8.67. The van der Waals surface area contributed by atoms with Crippen LogP contribution in [-0.4, -0.2) is 24.1 Å². The predicted octanol–water partition coefficient (Wildman–Crippen LogP) is 3.52. The van der Waals surface area contributed by atoms with Crippen LogP contribution in [0.15, 0.2) is 18.3 Å². The van der Waals surface area contributed by atoms with Crippen LogP contribution >= 0.6 is 0 Å². The molecule has 0 aromatic carbocycles. The van der Waals surface area contributed by atoms with Gasteiger partial charge in [0.25, 0.3) is 0 Å². The number of hydrogen-bond donors (Lipinski definition) is 1. The molecule has 2 N–H and O–H groups in total. The first kappa shape index (κ1) is 14.8. The van der Waals surface area contributed by atoms with Gasteiger partial charge in [-0.2, -0.15) is 0 Å². The highest BCUT2D eigenvalue weighted by Crippen LogP contribution is 2.46. The normalized spacial score (nSPS) is 22.7. The van der Waals surface area contributed by atoms with E-state index in [1.807, 2.05) is 12.3 Å². The van der Waals surface area contributed by atoms with Crippen LogP contribution in [0.5, 0.6) is 0 Å². The summed E-state index contributed by atoms with van der Waals surface area (Å²) in [6.07, 6.45) is 12.4. The van der Waals surface area contributed by atoms with Crippen LogP contribution in [0.3, 0.4) is 0 Å². The molecule has 1 saturated carbocycles. The maximum atomic E-state index is 6.15. The van der Waals surface area contributed by atoms with Crippen molar-refractivity contribution in [3.8, 4) is 0 Å². The predicted molar refractivity (Wildman–Crippen MR) is 88.6 cm³/mol. The highest BCUT2D eigenvalue weighted by Gasteiger charge is 2.37. The van der Waals surface area contributed by atoms with Gasteiger partial charge in [-0.1, -0.05) is 25.8 Å². The summed E-state index contributed by atoms with van der Waals surface area (Å²) in [4.78, 5) is 7.18. The minimum absolute atomic E-state index is 0.249. The van der Waals surface area contributed by atoms with Crippen LogP contribution in [0, 0.1) is 5.41 Å². The van der Waals surface area contributed by atoms with Crippen molar-refractivity contribution in [3.05, 3.63) is 23.9 Å². The number of nitrogens with zero attached hydrogens (tertiary/aromatic N) is 2. The van der Waals surface area contributed by atoms with E-state index in [2.05, 4.69) is 22.9 Å². The lowest BCUT2D eigenvalue weighted by molar-refractivity contribution is 0.226. The van der Waals surface area contributed by atoms with Crippen LogP contribution in [0.4, 0.5) is 5.82 Å². The number of rotatable bonds is 4. The zero-order chi connectivity index (χ0) is 14.7. The number of pyridine rings is 1. The van der Waals surface area contributed by atoms with E-state index < -0.39 is 0 Å². The van der Waals surface area contributed by atoms with Gasteiger partial charge in [0.05, 0.1) is 0 Å². The lowest BCUT2D eigenvalue weighted by Crippen LogP contribution is -2.40. The zero-order valence-corrected chi connectivity index (χ0v) is 13.4. The van der Waals surface area contributed by atoms with Gasteiger partial charge in [-0.05, 0) is 55.6 Å². The average molecular weight is 287 g/mol. The molecule has 3 rings (SSSR count). The summed E-state index contributed by atoms with van der Waals surface area (Å²) in [5.74, 6) is 1.19. The van der Waals surface area contributed by atoms with E-state index in [-0.39, 0.29) is 6.04 Å². The number of piperidine rings is 1. The standard InChI is InChI=1S/C18H29N3/c1-2-16(19)14-15-6-5-11-20-17(15)21-12-9-18(10-13-21)7-3-4-8-18/h5-6,11,16H,2-4,7-10,12-14,19H2,1H3. The monoisotopic (exact) mass is 287 g/mol. The fourth-order valence-corrected chi connectivity index (χ4v) is 4.12. The Kier molecular flexibility index (Phi) is 4.48. The summed E-state index contributed by atoms with van der Waals surface area (Å²) < 4.78 is 0. The highest BCUT2D eigenvalue weighted by atomic mass is 15.2. The molecule has 21 heavy (non-hydrogen) atoms. The molecule has 1 atom stereocenters. The van der Waals surface area contributed by atoms with E-state index in [9.17, 15) is 0 Å². The van der Waals surface area contributed by atoms with E-state index in [0.29, 0.717) is 5.41 Å². The third-order valence-electron chi connectivity index (χ3n) is 5.66. The Labute approximate surface area is 128 Å². The Hall–Kier alpha value is -1.09. The molecule has 3 heteroatoms. The Morgan fingerprint density at radius 1 is 1.24 bits per heavy atom. The van der Waals surface area contributed by atoms with E-state index in [1.54, 1.807) is 0 Å². The maximum absolute atomic E-state index is 6.15. The molecule has 116 valence electrons. The van der Waals surface area contributed by atoms with Gasteiger partial charge in [0.2, 0.25) is 0 Å². The highest BCUT2D eigenvalue weighted by molar-refractivity contribution is 5.47. The van der Waals surface area contributed by atoms with Crippen LogP contribution in [0.2, 0.25) is 0 Å². The van der Waals surface area contributed by atoms with Gasteiger partial charge >= 0.3 is 0 Å². The summed E-state index contributed by atoms with van der Waals surface area (Å²) in [6, 6.07) is 4.50. The van der Waals surface area contributed by atoms with Crippen molar-refractivity contribution < 1.29 is 0 Å². The Balaban J connectivity index is 1.70. The number of aromatic nitrogens is 1. The molecule has 0 amide bonds. The molecule has 1 aliphatic carbocycles. The lowest BCUT2D eigenvalue weighted by Gasteiger charge is -2.40. The van der Waals surface area contributed by atoms with Crippen LogP contribution in [0.25, 0.3) is 0 Å². The third kappa shape index (κ3) is 3.23. The topological polar surface area (TPSA) is 42.1 Å². The Morgan fingerprint density at radius 3 is 2.62 bits per heavy atom. The summed E-state index contributed by atoms with van der Waals surface area (Å²) in [6.45, 7) is 4.50. The molecule has 3 nitrogen and oxygen atoms in total. The molecular formula is C18H29N3. The summed E-state index contributed by atoms with van der Waals surface area (Å²) in [5.41, 5.74) is 8.15. The summed E-state index contributed by atoms with van der Waals surface area (Å²) in [7, 11) is 0. The molecule has 1 aromatic rings. The minimum Gasteiger partial charge on any atom is -0.356 e. The van der Waals surface area contributed by atoms with Crippen molar-refractivity contribution in [2.45, 2.75) is 64.3 Å². The average Bonchev–Trinajstić information content (AvgIpc) is 2.97. The lowest BCUT2D eigenvalue weighted by atomic mass is 9.77. The molecule has 1 spiro atoms. The number of hydrogen-bond acceptors (Lipinski definition) is 3. The van der Waals surface area contributed by atoms with E-state index in [4.69, 9.17) is 5.73 Å². The second-order valence-electron chi connectivity index (χ2n) is 7.05. The van der Waals surface area contributed by atoms with Crippen molar-refractivity contribution in [1.29, 1.82) is 0 Å². The maximum Gasteiger partial charge on any atom is 0.131 e. The molecular weight excluding hydrogens is 258 g/mol. The SMILES string of the molecule is CCC(N)Cc1cccnc1N1CCC2(CCCC2)CC1. The van der Waals surface area contributed by atoms with E-state index >= 15 is 0 Å². The molecule has 2 aliphatic rings. The van der Waals surface area contributed by atoms with E-state index in [1.165, 1.54) is 63.0 Å². The van der Waals surface area contributed by atoms with Crippen LogP contribution in [0.1, 0.15) is 57.4 Å². The number of anilines is 1. The fourth-order valence-electron chi connectivity index (χ4n) is 4.12. The van der Waals surface area contributed by atoms with Crippen LogP contribution in [-0.2, 0) is 6.42 Å². The first-order valence-electron chi connectivity index (χ1n) is 8.67. The second kappa shape index (κ2) is 6.35. The number of nitrogens with two attached hydrogens (primary N) is 1. The minimum atomic E-state index is 0.249. The molecule has 1 unspecified atom stereocenters. The van der Waals surface area contributed by atoms with Crippen molar-refractivity contribution in [3.63, 3.8) is 0 Å². The van der Waals surface area contributed by atoms with Crippen molar-refractivity contribution in [1.82, 2.24) is 4.98 Å². The van der Waals surface area contributed by atoms with Crippen LogP contribution < -0.4 is 10.6 Å². The van der Waals surface area contributed by atoms with Crippen molar-refractivity contribution in [2.75, 3.05) is 18.0 Å². The van der Waals surface area contributed by atoms with Gasteiger partial charge < -0.3 is 10.6 Å². The quantitative estimate of drug-likeness (QED) is 0.921. The van der Waals surface area contributed by atoms with Gasteiger partial charge in [-0.25, -0.2) is 4.98 Å². The summed E-state index contributed by atoms with van der Waals surface area (Å²) >= 11 is 0. The smallest absolute Gasteiger partial charge is 0.131 e. The Bertz CT molecular complexity index is 455. The van der Waals surface area contributed by atoms with Crippen molar-refractivity contribution >= 4 is 5.82 Å². The molecule has 2 heterocycles. The van der Waals surface area contributed by atoms with Gasteiger partial charge in [-0.15, -0.1) is 0 Å². The molecule has 1 saturated heterocycles. The molecule has 1 aromatic heterocycles. The van der Waals surface area contributed by atoms with Gasteiger partial charge in [0.1, 0.15) is 5.82 Å².